The molecule has 0 radical (unpaired) electrons. The molecule has 3 nitrogen and oxygen atoms in total. The summed E-state index contributed by atoms with van der Waals surface area (Å²) in [6.07, 6.45) is 0. The fraction of sp³-hybridized carbons (Fsp3) is 0.357. The molecule has 0 saturated carbocycles. The van der Waals surface area contributed by atoms with Crippen LogP contribution in [0.25, 0.3) is 11.3 Å². The fourth-order valence-electron chi connectivity index (χ4n) is 2.03. The molecule has 1 heterocycles. The lowest BCUT2D eigenvalue weighted by atomic mass is 10.0. The molecule has 0 atom stereocenters. The van der Waals surface area contributed by atoms with Crippen molar-refractivity contribution in [1.29, 1.82) is 0 Å². The third kappa shape index (κ3) is 2.28. The molecule has 0 aliphatic rings. The summed E-state index contributed by atoms with van der Waals surface area (Å²) in [6.45, 7) is 4.75. The largest absolute Gasteiger partial charge is 0.329 e. The van der Waals surface area contributed by atoms with Gasteiger partial charge in [-0.1, -0.05) is 49.7 Å². The van der Waals surface area contributed by atoms with Crippen molar-refractivity contribution < 1.29 is 0 Å². The molecule has 0 spiro atoms. The van der Waals surface area contributed by atoms with Crippen LogP contribution in [0.5, 0.6) is 0 Å². The molecular formula is C14H18ClN3. The molecule has 4 heteroatoms. The lowest BCUT2D eigenvalue weighted by molar-refractivity contribution is 0.798. The Balaban J connectivity index is 2.45. The van der Waals surface area contributed by atoms with E-state index in [9.17, 15) is 0 Å². The molecular weight excluding hydrogens is 246 g/mol. The van der Waals surface area contributed by atoms with E-state index in [1.807, 2.05) is 11.6 Å². The van der Waals surface area contributed by atoms with E-state index < -0.39 is 0 Å². The van der Waals surface area contributed by atoms with Crippen molar-refractivity contribution in [3.63, 3.8) is 0 Å². The third-order valence-corrected chi connectivity index (χ3v) is 3.44. The molecule has 18 heavy (non-hydrogen) atoms. The molecule has 0 aliphatic heterocycles. The minimum absolute atomic E-state index is 0.389. The summed E-state index contributed by atoms with van der Waals surface area (Å²) in [4.78, 5) is 4.27. The lowest BCUT2D eigenvalue weighted by Gasteiger charge is -2.08. The monoisotopic (exact) mass is 263 g/mol. The summed E-state index contributed by atoms with van der Waals surface area (Å²) >= 11 is 6.18. The predicted molar refractivity (Wildman–Crippen MR) is 75.6 cm³/mol. The Labute approximate surface area is 113 Å². The number of hydrogen-bond donors (Lipinski definition) is 1. The van der Waals surface area contributed by atoms with Crippen LogP contribution in [-0.2, 0) is 13.6 Å². The van der Waals surface area contributed by atoms with E-state index >= 15 is 0 Å². The van der Waals surface area contributed by atoms with Crippen LogP contribution in [-0.4, -0.2) is 9.55 Å². The quantitative estimate of drug-likeness (QED) is 0.923. The second kappa shape index (κ2) is 5.12. The summed E-state index contributed by atoms with van der Waals surface area (Å²) in [5.74, 6) is 1.32. The number of halogens is 1. The molecule has 2 N–H and O–H groups in total. The molecule has 2 rings (SSSR count). The molecule has 2 aromatic rings. The Bertz CT molecular complexity index is 541. The third-order valence-electron chi connectivity index (χ3n) is 3.18. The summed E-state index contributed by atoms with van der Waals surface area (Å²) in [7, 11) is 1.94. The van der Waals surface area contributed by atoms with Gasteiger partial charge in [0.15, 0.2) is 5.15 Å². The molecule has 1 aromatic carbocycles. The molecule has 0 bridgehead atoms. The van der Waals surface area contributed by atoms with Crippen LogP contribution in [0.3, 0.4) is 0 Å². The molecule has 96 valence electrons. The van der Waals surface area contributed by atoms with Gasteiger partial charge < -0.3 is 10.3 Å². The fourth-order valence-corrected chi connectivity index (χ4v) is 2.36. The molecule has 0 unspecified atom stereocenters. The van der Waals surface area contributed by atoms with Crippen molar-refractivity contribution in [3.8, 4) is 11.3 Å². The van der Waals surface area contributed by atoms with E-state index in [0.717, 1.165) is 17.1 Å². The average molecular weight is 264 g/mol. The van der Waals surface area contributed by atoms with Gasteiger partial charge in [0.05, 0.1) is 12.2 Å². The van der Waals surface area contributed by atoms with E-state index in [2.05, 4.69) is 43.1 Å². The van der Waals surface area contributed by atoms with Gasteiger partial charge in [-0.05, 0) is 11.5 Å². The first kappa shape index (κ1) is 13.1. The van der Waals surface area contributed by atoms with Crippen LogP contribution in [0.2, 0.25) is 5.15 Å². The number of hydrogen-bond acceptors (Lipinski definition) is 2. The van der Waals surface area contributed by atoms with E-state index in [1.54, 1.807) is 0 Å². The Morgan fingerprint density at radius 2 is 1.89 bits per heavy atom. The van der Waals surface area contributed by atoms with Crippen LogP contribution in [0.15, 0.2) is 24.3 Å². The topological polar surface area (TPSA) is 43.8 Å². The van der Waals surface area contributed by atoms with Gasteiger partial charge in [0.25, 0.3) is 0 Å². The van der Waals surface area contributed by atoms with Crippen molar-refractivity contribution in [2.45, 2.75) is 26.3 Å². The van der Waals surface area contributed by atoms with Gasteiger partial charge in [-0.15, -0.1) is 0 Å². The van der Waals surface area contributed by atoms with Crippen LogP contribution in [0, 0.1) is 0 Å². The van der Waals surface area contributed by atoms with Crippen LogP contribution < -0.4 is 5.73 Å². The number of benzene rings is 1. The van der Waals surface area contributed by atoms with E-state index in [-0.39, 0.29) is 0 Å². The van der Waals surface area contributed by atoms with Gasteiger partial charge >= 0.3 is 0 Å². The summed E-state index contributed by atoms with van der Waals surface area (Å²) in [6, 6.07) is 8.42. The van der Waals surface area contributed by atoms with Crippen molar-refractivity contribution in [3.05, 3.63) is 40.8 Å². The van der Waals surface area contributed by atoms with Gasteiger partial charge in [0.1, 0.15) is 5.82 Å². The number of aromatic nitrogens is 2. The van der Waals surface area contributed by atoms with Crippen LogP contribution >= 0.6 is 11.6 Å². The van der Waals surface area contributed by atoms with Crippen LogP contribution in [0.1, 0.15) is 31.2 Å². The highest BCUT2D eigenvalue weighted by Gasteiger charge is 2.13. The lowest BCUT2D eigenvalue weighted by Crippen LogP contribution is -2.05. The number of imidazole rings is 1. The highest BCUT2D eigenvalue weighted by atomic mass is 35.5. The maximum absolute atomic E-state index is 6.18. The van der Waals surface area contributed by atoms with Gasteiger partial charge in [-0.3, -0.25) is 0 Å². The second-order valence-electron chi connectivity index (χ2n) is 4.71. The van der Waals surface area contributed by atoms with Crippen molar-refractivity contribution >= 4 is 11.6 Å². The summed E-state index contributed by atoms with van der Waals surface area (Å²) in [5, 5.41) is 0.509. The van der Waals surface area contributed by atoms with Crippen molar-refractivity contribution in [2.75, 3.05) is 0 Å². The second-order valence-corrected chi connectivity index (χ2v) is 5.07. The normalized spacial score (nSPS) is 11.2. The smallest absolute Gasteiger partial charge is 0.155 e. The standard InChI is InChI=1S/C14H18ClN3/c1-9(2)10-4-6-11(7-5-10)13-14(15)17-12(8-16)18(13)3/h4-7,9H,8,16H2,1-3H3. The minimum Gasteiger partial charge on any atom is -0.329 e. The van der Waals surface area contributed by atoms with Crippen LogP contribution in [0.4, 0.5) is 0 Å². The molecule has 0 aliphatic carbocycles. The zero-order chi connectivity index (χ0) is 13.3. The highest BCUT2D eigenvalue weighted by molar-refractivity contribution is 6.32. The Hall–Kier alpha value is -1.32. The molecule has 0 fully saturated rings. The Kier molecular flexibility index (Phi) is 3.73. The Morgan fingerprint density at radius 1 is 1.28 bits per heavy atom. The van der Waals surface area contributed by atoms with Gasteiger partial charge in [0, 0.05) is 12.6 Å². The maximum atomic E-state index is 6.18. The summed E-state index contributed by atoms with van der Waals surface area (Å²) in [5.41, 5.74) is 8.94. The zero-order valence-corrected chi connectivity index (χ0v) is 11.7. The zero-order valence-electron chi connectivity index (χ0n) is 10.9. The SMILES string of the molecule is CC(C)c1ccc(-c2c(Cl)nc(CN)n2C)cc1. The van der Waals surface area contributed by atoms with Gasteiger partial charge in [-0.2, -0.15) is 0 Å². The Morgan fingerprint density at radius 3 is 2.33 bits per heavy atom. The molecule has 0 saturated heterocycles. The number of nitrogens with zero attached hydrogens (tertiary/aromatic N) is 2. The van der Waals surface area contributed by atoms with E-state index in [1.165, 1.54) is 5.56 Å². The highest BCUT2D eigenvalue weighted by Crippen LogP contribution is 2.29. The van der Waals surface area contributed by atoms with Gasteiger partial charge in [-0.25, -0.2) is 4.98 Å². The van der Waals surface area contributed by atoms with Gasteiger partial charge in [0.2, 0.25) is 0 Å². The van der Waals surface area contributed by atoms with Crippen molar-refractivity contribution in [2.24, 2.45) is 12.8 Å². The summed E-state index contributed by atoms with van der Waals surface area (Å²) < 4.78 is 1.95. The first-order valence-electron chi connectivity index (χ1n) is 6.06. The maximum Gasteiger partial charge on any atom is 0.155 e. The van der Waals surface area contributed by atoms with Crippen molar-refractivity contribution in [1.82, 2.24) is 9.55 Å². The first-order valence-corrected chi connectivity index (χ1v) is 6.44. The minimum atomic E-state index is 0.389. The molecule has 1 aromatic heterocycles. The first-order chi connectivity index (χ1) is 8.54. The number of rotatable bonds is 3. The van der Waals surface area contributed by atoms with E-state index in [4.69, 9.17) is 17.3 Å². The number of nitrogens with two attached hydrogens (primary N) is 1. The molecule has 0 amide bonds. The van der Waals surface area contributed by atoms with E-state index in [0.29, 0.717) is 17.6 Å². The average Bonchev–Trinajstić information content (AvgIpc) is 2.64. The predicted octanol–water partition coefficient (Wildman–Crippen LogP) is 3.32.